The van der Waals surface area contributed by atoms with Crippen LogP contribution in [0.25, 0.3) is 6.08 Å². The van der Waals surface area contributed by atoms with E-state index in [9.17, 15) is 18.0 Å². The van der Waals surface area contributed by atoms with Gasteiger partial charge in [-0.3, -0.25) is 0 Å². The number of esters is 1. The molecule has 2 rings (SSSR count). The molecule has 0 unspecified atom stereocenters. The smallest absolute Gasteiger partial charge is 0.496 e. The third-order valence-electron chi connectivity index (χ3n) is 5.18. The van der Waals surface area contributed by atoms with Crippen molar-refractivity contribution in [1.82, 2.24) is 0 Å². The molecule has 0 aliphatic heterocycles. The molecule has 35 heavy (non-hydrogen) atoms. The summed E-state index contributed by atoms with van der Waals surface area (Å²) < 4.78 is 50.9. The Labute approximate surface area is 204 Å². The van der Waals surface area contributed by atoms with Crippen LogP contribution in [0.5, 0.6) is 17.2 Å². The lowest BCUT2D eigenvalue weighted by Crippen LogP contribution is -2.17. The molecular formula is C28H29F3O4. The summed E-state index contributed by atoms with van der Waals surface area (Å²) in [7, 11) is 1.67. The SMILES string of the molecule is COc1cc(C)c(C=CC(C)=CC=CC(C)=CC(=O)Oc2ccc(OC(F)(F)F)cc2)c(C)c1C. The van der Waals surface area contributed by atoms with E-state index in [0.717, 1.165) is 40.1 Å². The van der Waals surface area contributed by atoms with Crippen LogP contribution in [-0.2, 0) is 4.79 Å². The molecular weight excluding hydrogens is 457 g/mol. The van der Waals surface area contributed by atoms with E-state index >= 15 is 0 Å². The number of alkyl halides is 3. The van der Waals surface area contributed by atoms with Crippen molar-refractivity contribution in [2.45, 2.75) is 41.0 Å². The quantitative estimate of drug-likeness (QED) is 0.167. The maximum Gasteiger partial charge on any atom is 0.573 e. The van der Waals surface area contributed by atoms with Crippen LogP contribution in [0.2, 0.25) is 0 Å². The van der Waals surface area contributed by atoms with Gasteiger partial charge in [0.05, 0.1) is 7.11 Å². The van der Waals surface area contributed by atoms with Crippen molar-refractivity contribution >= 4 is 12.0 Å². The highest BCUT2D eigenvalue weighted by Crippen LogP contribution is 2.28. The number of allylic oxidation sites excluding steroid dienone is 6. The molecule has 0 aromatic heterocycles. The molecule has 186 valence electrons. The van der Waals surface area contributed by atoms with Crippen LogP contribution < -0.4 is 14.2 Å². The zero-order chi connectivity index (χ0) is 26.2. The average molecular weight is 487 g/mol. The maximum absolute atomic E-state index is 12.2. The first-order valence-corrected chi connectivity index (χ1v) is 10.8. The molecule has 0 aliphatic rings. The molecule has 2 aromatic rings. The van der Waals surface area contributed by atoms with Gasteiger partial charge < -0.3 is 14.2 Å². The lowest BCUT2D eigenvalue weighted by Gasteiger charge is -2.13. The average Bonchev–Trinajstić information content (AvgIpc) is 2.76. The summed E-state index contributed by atoms with van der Waals surface area (Å²) in [6, 6.07) is 6.63. The van der Waals surface area contributed by atoms with Crippen molar-refractivity contribution < 1.29 is 32.2 Å². The normalized spacial score (nSPS) is 12.9. The van der Waals surface area contributed by atoms with Crippen LogP contribution in [0.15, 0.2) is 71.9 Å². The molecule has 0 bridgehead atoms. The van der Waals surface area contributed by atoms with Crippen LogP contribution >= 0.6 is 0 Å². The third kappa shape index (κ3) is 8.85. The second kappa shape index (κ2) is 12.1. The molecule has 0 fully saturated rings. The fourth-order valence-electron chi connectivity index (χ4n) is 3.24. The number of ether oxygens (including phenoxy) is 3. The Hall–Kier alpha value is -3.74. The van der Waals surface area contributed by atoms with Crippen molar-refractivity contribution in [3.63, 3.8) is 0 Å². The minimum atomic E-state index is -4.78. The molecule has 0 N–H and O–H groups in total. The number of rotatable bonds is 8. The molecule has 7 heteroatoms. The number of benzene rings is 2. The first kappa shape index (κ1) is 27.5. The van der Waals surface area contributed by atoms with Gasteiger partial charge in [-0.05, 0) is 92.8 Å². The van der Waals surface area contributed by atoms with E-state index in [1.54, 1.807) is 20.1 Å². The zero-order valence-corrected chi connectivity index (χ0v) is 20.6. The second-order valence-corrected chi connectivity index (χ2v) is 7.99. The fourth-order valence-corrected chi connectivity index (χ4v) is 3.24. The Balaban J connectivity index is 1.98. The summed E-state index contributed by atoms with van der Waals surface area (Å²) in [5.74, 6) is -0.0490. The first-order chi connectivity index (χ1) is 16.4. The van der Waals surface area contributed by atoms with Gasteiger partial charge >= 0.3 is 12.3 Å². The highest BCUT2D eigenvalue weighted by molar-refractivity contribution is 5.85. The summed E-state index contributed by atoms with van der Waals surface area (Å²) in [6.45, 7) is 9.87. The molecule has 0 amide bonds. The minimum Gasteiger partial charge on any atom is -0.496 e. The van der Waals surface area contributed by atoms with E-state index < -0.39 is 18.1 Å². The highest BCUT2D eigenvalue weighted by atomic mass is 19.4. The van der Waals surface area contributed by atoms with E-state index in [0.29, 0.717) is 5.57 Å². The summed E-state index contributed by atoms with van der Waals surface area (Å²) >= 11 is 0. The van der Waals surface area contributed by atoms with Crippen molar-refractivity contribution in [3.8, 4) is 17.2 Å². The summed E-state index contributed by atoms with van der Waals surface area (Å²) in [6.07, 6.45) is 6.10. The van der Waals surface area contributed by atoms with Gasteiger partial charge in [0.1, 0.15) is 17.2 Å². The number of carbonyl (C=O) groups is 1. The van der Waals surface area contributed by atoms with E-state index in [1.807, 2.05) is 45.1 Å². The molecule has 0 heterocycles. The van der Waals surface area contributed by atoms with Gasteiger partial charge in [-0.2, -0.15) is 0 Å². The van der Waals surface area contributed by atoms with Crippen molar-refractivity contribution in [2.75, 3.05) is 7.11 Å². The molecule has 0 atom stereocenters. The Kier molecular flexibility index (Phi) is 9.51. The molecule has 0 saturated heterocycles. The monoisotopic (exact) mass is 486 g/mol. The van der Waals surface area contributed by atoms with Crippen molar-refractivity contribution in [2.24, 2.45) is 0 Å². The van der Waals surface area contributed by atoms with Gasteiger partial charge in [0.2, 0.25) is 0 Å². The van der Waals surface area contributed by atoms with Gasteiger partial charge in [0.25, 0.3) is 0 Å². The number of aryl methyl sites for hydroxylation is 1. The molecule has 4 nitrogen and oxygen atoms in total. The Morgan fingerprint density at radius 1 is 0.914 bits per heavy atom. The zero-order valence-electron chi connectivity index (χ0n) is 20.6. The fraction of sp³-hybridized carbons (Fsp3) is 0.250. The predicted octanol–water partition coefficient (Wildman–Crippen LogP) is 7.59. The van der Waals surface area contributed by atoms with Crippen molar-refractivity contribution in [3.05, 3.63) is 94.1 Å². The summed E-state index contributed by atoms with van der Waals surface area (Å²) in [4.78, 5) is 12.1. The number of hydrogen-bond donors (Lipinski definition) is 0. The second-order valence-electron chi connectivity index (χ2n) is 7.99. The van der Waals surface area contributed by atoms with Crippen molar-refractivity contribution in [1.29, 1.82) is 0 Å². The van der Waals surface area contributed by atoms with E-state index in [4.69, 9.17) is 9.47 Å². The molecule has 0 spiro atoms. The van der Waals surface area contributed by atoms with E-state index in [2.05, 4.69) is 17.7 Å². The van der Waals surface area contributed by atoms with Gasteiger partial charge in [-0.1, -0.05) is 36.0 Å². The first-order valence-electron chi connectivity index (χ1n) is 10.8. The van der Waals surface area contributed by atoms with Gasteiger partial charge in [-0.15, -0.1) is 13.2 Å². The van der Waals surface area contributed by atoms with E-state index in [-0.39, 0.29) is 5.75 Å². The predicted molar refractivity (Wildman–Crippen MR) is 132 cm³/mol. The lowest BCUT2D eigenvalue weighted by molar-refractivity contribution is -0.274. The van der Waals surface area contributed by atoms with Crippen LogP contribution in [0.3, 0.4) is 0 Å². The van der Waals surface area contributed by atoms with E-state index in [1.165, 1.54) is 23.8 Å². The van der Waals surface area contributed by atoms with Crippen LogP contribution in [-0.4, -0.2) is 19.4 Å². The largest absolute Gasteiger partial charge is 0.573 e. The van der Waals surface area contributed by atoms with Gasteiger partial charge in [-0.25, -0.2) is 4.79 Å². The molecule has 2 aromatic carbocycles. The minimum absolute atomic E-state index is 0.109. The highest BCUT2D eigenvalue weighted by Gasteiger charge is 2.31. The molecule has 0 aliphatic carbocycles. The number of carbonyl (C=O) groups excluding carboxylic acids is 1. The topological polar surface area (TPSA) is 44.8 Å². The molecule has 0 radical (unpaired) electrons. The summed E-state index contributed by atoms with van der Waals surface area (Å²) in [5.41, 5.74) is 6.22. The van der Waals surface area contributed by atoms with Gasteiger partial charge in [0, 0.05) is 6.08 Å². The number of methoxy groups -OCH3 is 1. The Morgan fingerprint density at radius 3 is 2.14 bits per heavy atom. The third-order valence-corrected chi connectivity index (χ3v) is 5.18. The van der Waals surface area contributed by atoms with Gasteiger partial charge in [0.15, 0.2) is 0 Å². The Bertz CT molecular complexity index is 1170. The number of halogens is 3. The van der Waals surface area contributed by atoms with Crippen LogP contribution in [0.1, 0.15) is 36.1 Å². The van der Waals surface area contributed by atoms with Crippen LogP contribution in [0, 0.1) is 20.8 Å². The maximum atomic E-state index is 12.2. The molecule has 0 saturated carbocycles. The lowest BCUT2D eigenvalue weighted by atomic mass is 9.96. The standard InChI is InChI=1S/C28H29F3O4/c1-18(10-15-25-20(3)17-26(33-6)22(5)21(25)4)8-7-9-19(2)16-27(32)34-23-11-13-24(14-12-23)35-28(29,30)31/h7-17H,1-6H3. The summed E-state index contributed by atoms with van der Waals surface area (Å²) in [5, 5.41) is 0. The van der Waals surface area contributed by atoms with Crippen LogP contribution in [0.4, 0.5) is 13.2 Å². The Morgan fingerprint density at radius 2 is 1.54 bits per heavy atom. The number of hydrogen-bond acceptors (Lipinski definition) is 4.